The van der Waals surface area contributed by atoms with E-state index in [1.165, 1.54) is 6.42 Å². The van der Waals surface area contributed by atoms with Crippen molar-refractivity contribution in [2.45, 2.75) is 26.2 Å². The molecule has 6 heteroatoms. The molecule has 1 N–H and O–H groups in total. The molecule has 0 radical (unpaired) electrons. The first-order chi connectivity index (χ1) is 8.27. The Balaban J connectivity index is 1.85. The maximum absolute atomic E-state index is 11.7. The maximum atomic E-state index is 11.7. The quantitative estimate of drug-likeness (QED) is 0.792. The standard InChI is InChI=1S/C11H16N4O2/c1-9-10(13-6-5-12-9)14-17-11(16)15-7-3-2-4-8-15/h5-6H,2-4,7-8H2,1H3,(H,13,14). The second-order valence-corrected chi connectivity index (χ2v) is 4.01. The molecule has 1 fully saturated rings. The van der Waals surface area contributed by atoms with Crippen molar-refractivity contribution < 1.29 is 9.63 Å². The lowest BCUT2D eigenvalue weighted by atomic mass is 10.1. The highest BCUT2D eigenvalue weighted by atomic mass is 16.7. The Labute approximate surface area is 100.0 Å². The summed E-state index contributed by atoms with van der Waals surface area (Å²) in [5, 5.41) is 0. The van der Waals surface area contributed by atoms with E-state index in [9.17, 15) is 4.79 Å². The van der Waals surface area contributed by atoms with E-state index in [1.807, 2.05) is 0 Å². The largest absolute Gasteiger partial charge is 0.434 e. The molecule has 0 aliphatic carbocycles. The molecule has 0 bridgehead atoms. The highest BCUT2D eigenvalue weighted by Gasteiger charge is 2.18. The van der Waals surface area contributed by atoms with E-state index >= 15 is 0 Å². The Morgan fingerprint density at radius 1 is 1.29 bits per heavy atom. The molecule has 0 spiro atoms. The van der Waals surface area contributed by atoms with Gasteiger partial charge in [0.05, 0.1) is 5.69 Å². The number of nitrogens with one attached hydrogen (secondary N) is 1. The number of hydrogen-bond donors (Lipinski definition) is 1. The number of rotatable bonds is 2. The zero-order chi connectivity index (χ0) is 12.1. The number of aromatic nitrogens is 2. The Morgan fingerprint density at radius 3 is 2.71 bits per heavy atom. The molecule has 0 atom stereocenters. The van der Waals surface area contributed by atoms with Gasteiger partial charge in [-0.25, -0.2) is 9.78 Å². The van der Waals surface area contributed by atoms with Gasteiger partial charge in [-0.05, 0) is 26.2 Å². The minimum Gasteiger partial charge on any atom is -0.323 e. The number of nitrogens with zero attached hydrogens (tertiary/aromatic N) is 3. The number of anilines is 1. The van der Waals surface area contributed by atoms with Crippen LogP contribution in [0.5, 0.6) is 0 Å². The van der Waals surface area contributed by atoms with Gasteiger partial charge in [-0.2, -0.15) is 5.48 Å². The lowest BCUT2D eigenvalue weighted by Gasteiger charge is -2.25. The maximum Gasteiger partial charge on any atom is 0.434 e. The molecule has 2 rings (SSSR count). The minimum absolute atomic E-state index is 0.352. The van der Waals surface area contributed by atoms with Crippen molar-refractivity contribution >= 4 is 11.9 Å². The third-order valence-electron chi connectivity index (χ3n) is 2.73. The van der Waals surface area contributed by atoms with Gasteiger partial charge >= 0.3 is 6.09 Å². The number of hydrogen-bond acceptors (Lipinski definition) is 5. The number of aryl methyl sites for hydroxylation is 1. The molecule has 6 nitrogen and oxygen atoms in total. The summed E-state index contributed by atoms with van der Waals surface area (Å²) in [6.45, 7) is 3.32. The first kappa shape index (κ1) is 11.6. The molecule has 92 valence electrons. The summed E-state index contributed by atoms with van der Waals surface area (Å²) in [4.78, 5) is 26.4. The third-order valence-corrected chi connectivity index (χ3v) is 2.73. The molecule has 0 unspecified atom stereocenters. The molecule has 1 amide bonds. The normalized spacial score (nSPS) is 15.5. The topological polar surface area (TPSA) is 67.4 Å². The molecule has 0 saturated carbocycles. The SMILES string of the molecule is Cc1nccnc1NOC(=O)N1CCCCC1. The predicted octanol–water partition coefficient (Wildman–Crippen LogP) is 1.73. The molecule has 2 heterocycles. The number of piperidine rings is 1. The van der Waals surface area contributed by atoms with Crippen LogP contribution in [0.2, 0.25) is 0 Å². The van der Waals surface area contributed by atoms with Crippen molar-refractivity contribution in [2.75, 3.05) is 18.6 Å². The highest BCUT2D eigenvalue weighted by molar-refractivity contribution is 5.68. The molecule has 1 aliphatic rings. The summed E-state index contributed by atoms with van der Waals surface area (Å²) in [5.41, 5.74) is 3.24. The fraction of sp³-hybridized carbons (Fsp3) is 0.545. The number of carbonyl (C=O) groups excluding carboxylic acids is 1. The highest BCUT2D eigenvalue weighted by Crippen LogP contribution is 2.11. The second-order valence-electron chi connectivity index (χ2n) is 4.01. The fourth-order valence-corrected chi connectivity index (χ4v) is 1.74. The zero-order valence-corrected chi connectivity index (χ0v) is 9.85. The van der Waals surface area contributed by atoms with Crippen LogP contribution in [-0.4, -0.2) is 34.1 Å². The Morgan fingerprint density at radius 2 is 2.00 bits per heavy atom. The fourth-order valence-electron chi connectivity index (χ4n) is 1.74. The van der Waals surface area contributed by atoms with E-state index < -0.39 is 0 Å². The van der Waals surface area contributed by atoms with Crippen molar-refractivity contribution in [2.24, 2.45) is 0 Å². The third kappa shape index (κ3) is 3.05. The van der Waals surface area contributed by atoms with Gasteiger partial charge in [0.15, 0.2) is 5.82 Å². The Bertz CT molecular complexity index is 391. The van der Waals surface area contributed by atoms with Gasteiger partial charge in [-0.3, -0.25) is 4.98 Å². The van der Waals surface area contributed by atoms with Crippen LogP contribution in [0.4, 0.5) is 10.6 Å². The van der Waals surface area contributed by atoms with Crippen LogP contribution in [0.3, 0.4) is 0 Å². The van der Waals surface area contributed by atoms with Crippen LogP contribution < -0.4 is 5.48 Å². The summed E-state index contributed by atoms with van der Waals surface area (Å²) in [5.74, 6) is 0.470. The van der Waals surface area contributed by atoms with E-state index in [2.05, 4.69) is 15.4 Å². The second kappa shape index (κ2) is 5.47. The van der Waals surface area contributed by atoms with Crippen LogP contribution in [0, 0.1) is 6.92 Å². The van der Waals surface area contributed by atoms with Crippen LogP contribution >= 0.6 is 0 Å². The summed E-state index contributed by atoms with van der Waals surface area (Å²) < 4.78 is 0. The van der Waals surface area contributed by atoms with Crippen molar-refractivity contribution in [3.05, 3.63) is 18.1 Å². The molecular formula is C11H16N4O2. The van der Waals surface area contributed by atoms with Crippen LogP contribution in [0.15, 0.2) is 12.4 Å². The number of likely N-dealkylation sites (tertiary alicyclic amines) is 1. The molecule has 17 heavy (non-hydrogen) atoms. The van der Waals surface area contributed by atoms with Crippen molar-refractivity contribution in [1.82, 2.24) is 14.9 Å². The average molecular weight is 236 g/mol. The average Bonchev–Trinajstić information content (AvgIpc) is 2.38. The van der Waals surface area contributed by atoms with Crippen molar-refractivity contribution in [1.29, 1.82) is 0 Å². The van der Waals surface area contributed by atoms with Crippen molar-refractivity contribution in [3.63, 3.8) is 0 Å². The van der Waals surface area contributed by atoms with Gasteiger partial charge in [0.25, 0.3) is 0 Å². The number of amides is 1. The minimum atomic E-state index is -0.352. The molecule has 0 aromatic carbocycles. The Hall–Kier alpha value is -1.85. The van der Waals surface area contributed by atoms with Gasteiger partial charge in [-0.15, -0.1) is 0 Å². The lowest BCUT2D eigenvalue weighted by Crippen LogP contribution is -2.37. The molecule has 1 aliphatic heterocycles. The van der Waals surface area contributed by atoms with Gasteiger partial charge in [0, 0.05) is 25.5 Å². The molecule has 1 aromatic rings. The lowest BCUT2D eigenvalue weighted by molar-refractivity contribution is 0.114. The zero-order valence-electron chi connectivity index (χ0n) is 9.85. The van der Waals surface area contributed by atoms with Crippen molar-refractivity contribution in [3.8, 4) is 0 Å². The van der Waals surface area contributed by atoms with E-state index in [0.29, 0.717) is 11.5 Å². The molecule has 1 saturated heterocycles. The first-order valence-corrected chi connectivity index (χ1v) is 5.77. The van der Waals surface area contributed by atoms with E-state index in [-0.39, 0.29) is 6.09 Å². The van der Waals surface area contributed by atoms with Gasteiger partial charge in [0.2, 0.25) is 0 Å². The Kier molecular flexibility index (Phi) is 3.74. The van der Waals surface area contributed by atoms with Gasteiger partial charge in [0.1, 0.15) is 0 Å². The van der Waals surface area contributed by atoms with E-state index in [1.54, 1.807) is 24.2 Å². The van der Waals surface area contributed by atoms with Gasteiger partial charge < -0.3 is 9.74 Å². The van der Waals surface area contributed by atoms with Crippen LogP contribution in [-0.2, 0) is 4.84 Å². The summed E-state index contributed by atoms with van der Waals surface area (Å²) in [6, 6.07) is 0. The smallest absolute Gasteiger partial charge is 0.323 e. The van der Waals surface area contributed by atoms with E-state index in [0.717, 1.165) is 25.9 Å². The van der Waals surface area contributed by atoms with Crippen LogP contribution in [0.25, 0.3) is 0 Å². The number of carbonyl (C=O) groups is 1. The summed E-state index contributed by atoms with van der Waals surface area (Å²) >= 11 is 0. The monoisotopic (exact) mass is 236 g/mol. The van der Waals surface area contributed by atoms with E-state index in [4.69, 9.17) is 4.84 Å². The first-order valence-electron chi connectivity index (χ1n) is 5.77. The summed E-state index contributed by atoms with van der Waals surface area (Å²) in [6.07, 6.45) is 6.05. The molecule has 1 aromatic heterocycles. The predicted molar refractivity (Wildman–Crippen MR) is 62.3 cm³/mol. The van der Waals surface area contributed by atoms with Crippen LogP contribution in [0.1, 0.15) is 25.0 Å². The van der Waals surface area contributed by atoms with Gasteiger partial charge in [-0.1, -0.05) is 0 Å². The molecular weight excluding hydrogens is 220 g/mol. The summed E-state index contributed by atoms with van der Waals surface area (Å²) in [7, 11) is 0.